The van der Waals surface area contributed by atoms with Gasteiger partial charge in [0.05, 0.1) is 0 Å². The van der Waals surface area contributed by atoms with E-state index in [0.29, 0.717) is 26.6 Å². The highest BCUT2D eigenvalue weighted by Gasteiger charge is 2.14. The van der Waals surface area contributed by atoms with Gasteiger partial charge in [-0.2, -0.15) is 4.68 Å². The van der Waals surface area contributed by atoms with Crippen LogP contribution in [-0.2, 0) is 5.75 Å². The molecule has 2 heterocycles. The van der Waals surface area contributed by atoms with Crippen molar-refractivity contribution in [2.24, 2.45) is 0 Å². The van der Waals surface area contributed by atoms with Crippen LogP contribution in [0.3, 0.4) is 0 Å². The van der Waals surface area contributed by atoms with Gasteiger partial charge in [-0.1, -0.05) is 47.1 Å². The van der Waals surface area contributed by atoms with Crippen molar-refractivity contribution in [2.75, 3.05) is 5.32 Å². The number of anilines is 2. The van der Waals surface area contributed by atoms with Crippen LogP contribution < -0.4 is 10.9 Å². The maximum atomic E-state index is 13.1. The molecule has 29 heavy (non-hydrogen) atoms. The van der Waals surface area contributed by atoms with Gasteiger partial charge in [0.1, 0.15) is 0 Å². The number of thioether (sulfide) groups is 1. The third kappa shape index (κ3) is 4.64. The van der Waals surface area contributed by atoms with E-state index >= 15 is 0 Å². The lowest BCUT2D eigenvalue weighted by molar-refractivity contribution is 0.533. The van der Waals surface area contributed by atoms with Gasteiger partial charge in [0, 0.05) is 33.9 Å². The predicted molar refractivity (Wildman–Crippen MR) is 117 cm³/mol. The molecule has 146 valence electrons. The van der Waals surface area contributed by atoms with E-state index in [1.807, 2.05) is 36.4 Å². The monoisotopic (exact) mass is 443 g/mol. The minimum absolute atomic E-state index is 0.122. The Balaban J connectivity index is 1.66. The molecule has 0 spiro atoms. The molecule has 2 aromatic heterocycles. The van der Waals surface area contributed by atoms with Crippen molar-refractivity contribution in [1.29, 1.82) is 0 Å². The van der Waals surface area contributed by atoms with Gasteiger partial charge in [0.15, 0.2) is 0 Å². The molecule has 0 unspecified atom stereocenters. The number of halogens is 2. The Morgan fingerprint density at radius 3 is 2.17 bits per heavy atom. The molecule has 6 nitrogen and oxygen atoms in total. The summed E-state index contributed by atoms with van der Waals surface area (Å²) in [5.41, 5.74) is 1.45. The lowest BCUT2D eigenvalue weighted by Crippen LogP contribution is -2.30. The summed E-state index contributed by atoms with van der Waals surface area (Å²) in [6.45, 7) is 0. The molecule has 9 heteroatoms. The summed E-state index contributed by atoms with van der Waals surface area (Å²) < 4.78 is 3.15. The number of benzene rings is 2. The highest BCUT2D eigenvalue weighted by Crippen LogP contribution is 2.22. The van der Waals surface area contributed by atoms with Crippen molar-refractivity contribution in [3.05, 3.63) is 99.0 Å². The predicted octanol–water partition coefficient (Wildman–Crippen LogP) is 5.09. The molecule has 0 fully saturated rings. The number of rotatable bonds is 6. The minimum atomic E-state index is -0.315. The van der Waals surface area contributed by atoms with Gasteiger partial charge in [-0.25, -0.2) is 0 Å². The minimum Gasteiger partial charge on any atom is -0.334 e. The lowest BCUT2D eigenvalue weighted by Gasteiger charge is -2.14. The molecule has 0 aliphatic heterocycles. The van der Waals surface area contributed by atoms with Crippen LogP contribution in [0.5, 0.6) is 0 Å². The van der Waals surface area contributed by atoms with E-state index in [0.717, 1.165) is 5.56 Å². The van der Waals surface area contributed by atoms with E-state index in [-0.39, 0.29) is 11.4 Å². The van der Waals surface area contributed by atoms with Crippen LogP contribution in [-0.4, -0.2) is 19.5 Å². The molecule has 0 aliphatic carbocycles. The van der Waals surface area contributed by atoms with E-state index in [4.69, 9.17) is 23.2 Å². The van der Waals surface area contributed by atoms with E-state index in [2.05, 4.69) is 15.5 Å². The third-order valence-electron chi connectivity index (χ3n) is 4.02. The Hall–Kier alpha value is -2.74. The average Bonchev–Trinajstić information content (AvgIpc) is 3.25. The van der Waals surface area contributed by atoms with Gasteiger partial charge in [0.25, 0.3) is 0 Å². The van der Waals surface area contributed by atoms with Gasteiger partial charge in [-0.3, -0.25) is 9.47 Å². The summed E-state index contributed by atoms with van der Waals surface area (Å²) >= 11 is 13.3. The van der Waals surface area contributed by atoms with Crippen LogP contribution in [0.1, 0.15) is 5.56 Å². The molecule has 4 rings (SSSR count). The fourth-order valence-corrected chi connectivity index (χ4v) is 3.73. The van der Waals surface area contributed by atoms with Gasteiger partial charge >= 0.3 is 5.56 Å². The topological polar surface area (TPSA) is 64.7 Å². The molecular formula is C20H15Cl2N5OS. The number of aromatic nitrogens is 4. The molecular weight excluding hydrogens is 429 g/mol. The lowest BCUT2D eigenvalue weighted by atomic mass is 10.2. The molecule has 0 saturated carbocycles. The molecule has 0 radical (unpaired) electrons. The second-order valence-electron chi connectivity index (χ2n) is 6.06. The first-order valence-corrected chi connectivity index (χ1v) is 10.4. The number of hydrogen-bond acceptors (Lipinski definition) is 5. The second-order valence-corrected chi connectivity index (χ2v) is 7.87. The van der Waals surface area contributed by atoms with Gasteiger partial charge in [0.2, 0.25) is 11.0 Å². The van der Waals surface area contributed by atoms with Gasteiger partial charge < -0.3 is 5.32 Å². The summed E-state index contributed by atoms with van der Waals surface area (Å²) in [5, 5.41) is 13.2. The van der Waals surface area contributed by atoms with Crippen molar-refractivity contribution < 1.29 is 0 Å². The Morgan fingerprint density at radius 1 is 0.897 bits per heavy atom. The van der Waals surface area contributed by atoms with Crippen molar-refractivity contribution in [1.82, 2.24) is 19.5 Å². The fourth-order valence-electron chi connectivity index (χ4n) is 2.59. The van der Waals surface area contributed by atoms with Crippen molar-refractivity contribution in [2.45, 2.75) is 10.9 Å². The summed E-state index contributed by atoms with van der Waals surface area (Å²) in [6, 6.07) is 18.2. The van der Waals surface area contributed by atoms with E-state index in [9.17, 15) is 4.79 Å². The summed E-state index contributed by atoms with van der Waals surface area (Å²) in [4.78, 5) is 13.1. The van der Waals surface area contributed by atoms with E-state index in [1.54, 1.807) is 41.3 Å². The fraction of sp³-hybridized carbons (Fsp3) is 0.0500. The largest absolute Gasteiger partial charge is 0.334 e. The molecule has 1 N–H and O–H groups in total. The maximum absolute atomic E-state index is 13.1. The average molecular weight is 444 g/mol. The summed E-state index contributed by atoms with van der Waals surface area (Å²) in [7, 11) is 0. The molecule has 2 aromatic carbocycles. The van der Waals surface area contributed by atoms with Gasteiger partial charge in [-0.15, -0.1) is 10.2 Å². The number of nitrogens with zero attached hydrogens (tertiary/aromatic N) is 4. The quantitative estimate of drug-likeness (QED) is 0.420. The second kappa shape index (κ2) is 8.73. The van der Waals surface area contributed by atoms with Crippen molar-refractivity contribution in [3.8, 4) is 0 Å². The molecule has 0 aliphatic rings. The number of nitrogens with one attached hydrogen (secondary N) is 1. The summed E-state index contributed by atoms with van der Waals surface area (Å²) in [6.07, 6.45) is 3.56. The molecule has 0 saturated heterocycles. The van der Waals surface area contributed by atoms with Crippen molar-refractivity contribution in [3.63, 3.8) is 0 Å². The molecule has 0 atom stereocenters. The molecule has 0 bridgehead atoms. The van der Waals surface area contributed by atoms with Crippen molar-refractivity contribution >= 4 is 46.5 Å². The number of hydrogen-bond donors (Lipinski definition) is 1. The van der Waals surface area contributed by atoms with Crippen LogP contribution in [0.2, 0.25) is 10.0 Å². The third-order valence-corrected chi connectivity index (χ3v) is 5.51. The smallest absolute Gasteiger partial charge is 0.316 e. The van der Waals surface area contributed by atoms with Crippen LogP contribution in [0, 0.1) is 0 Å². The first-order chi connectivity index (χ1) is 14.1. The molecule has 4 aromatic rings. The highest BCUT2D eigenvalue weighted by atomic mass is 35.5. The Bertz CT molecular complexity index is 1160. The summed E-state index contributed by atoms with van der Waals surface area (Å²) in [5.74, 6) is 0.744. The SMILES string of the molecule is O=c1c(Nc2ccc(Cl)cc2)nnc(SCc2ccc(Cl)cc2)n1-n1cccc1. The zero-order valence-electron chi connectivity index (χ0n) is 15.0. The van der Waals surface area contributed by atoms with Crippen LogP contribution in [0.4, 0.5) is 11.5 Å². The Morgan fingerprint density at radius 2 is 1.52 bits per heavy atom. The van der Waals surface area contributed by atoms with E-state index < -0.39 is 0 Å². The Kier molecular flexibility index (Phi) is 5.89. The first-order valence-electron chi connectivity index (χ1n) is 8.63. The van der Waals surface area contributed by atoms with Gasteiger partial charge in [-0.05, 0) is 54.1 Å². The van der Waals surface area contributed by atoms with E-state index in [1.165, 1.54) is 16.4 Å². The first kappa shape index (κ1) is 19.6. The standard InChI is InChI=1S/C20H15Cl2N5OS/c21-15-5-3-14(4-6-15)13-29-20-25-24-18(23-17-9-7-16(22)8-10-17)19(28)27(20)26-11-1-2-12-26/h1-12H,13H2,(H,23,24). The zero-order valence-corrected chi connectivity index (χ0v) is 17.3. The molecule has 0 amide bonds. The maximum Gasteiger partial charge on any atom is 0.316 e. The normalized spacial score (nSPS) is 10.8. The van der Waals surface area contributed by atoms with Crippen LogP contribution >= 0.6 is 35.0 Å². The zero-order chi connectivity index (χ0) is 20.2. The highest BCUT2D eigenvalue weighted by molar-refractivity contribution is 7.98. The van der Waals surface area contributed by atoms with Crippen LogP contribution in [0.25, 0.3) is 0 Å². The van der Waals surface area contributed by atoms with Crippen LogP contribution in [0.15, 0.2) is 83.0 Å². The Labute approximate surface area is 181 Å².